The van der Waals surface area contributed by atoms with Crippen molar-refractivity contribution in [1.82, 2.24) is 10.6 Å². The van der Waals surface area contributed by atoms with E-state index in [9.17, 15) is 13.2 Å². The van der Waals surface area contributed by atoms with Crippen molar-refractivity contribution in [1.29, 1.82) is 0 Å². The van der Waals surface area contributed by atoms with Gasteiger partial charge in [0.15, 0.2) is 5.96 Å². The molecule has 0 bridgehead atoms. The third-order valence-electron chi connectivity index (χ3n) is 3.22. The highest BCUT2D eigenvalue weighted by molar-refractivity contribution is 14.0. The lowest BCUT2D eigenvalue weighted by Gasteiger charge is -2.29. The lowest BCUT2D eigenvalue weighted by atomic mass is 9.95. The number of hydrogen-bond donors (Lipinski definition) is 2. The zero-order valence-corrected chi connectivity index (χ0v) is 14.9. The molecule has 1 saturated carbocycles. The van der Waals surface area contributed by atoms with E-state index < -0.39 is 12.6 Å². The number of alkyl halides is 3. The van der Waals surface area contributed by atoms with Crippen molar-refractivity contribution in [3.8, 4) is 0 Å². The van der Waals surface area contributed by atoms with Crippen LogP contribution in [0.5, 0.6) is 0 Å². The predicted octanol–water partition coefficient (Wildman–Crippen LogP) is 3.40. The fraction of sp³-hybridized carbons (Fsp3) is 0.917. The van der Waals surface area contributed by atoms with Gasteiger partial charge >= 0.3 is 6.18 Å². The van der Waals surface area contributed by atoms with Gasteiger partial charge in [0.1, 0.15) is 0 Å². The standard InChI is InChI=1S/C12H22F3N3S.HI/c1-16-11(17-7-6-12(13,14)15)18-9-4-3-5-10(8-9)19-2;/h9-10H,3-8H2,1-2H3,(H2,16,17,18);1H. The maximum absolute atomic E-state index is 12.1. The van der Waals surface area contributed by atoms with Gasteiger partial charge in [-0.05, 0) is 25.5 Å². The fourth-order valence-corrected chi connectivity index (χ4v) is 3.03. The average Bonchev–Trinajstić information content (AvgIpc) is 2.36. The third kappa shape index (κ3) is 8.43. The molecular weight excluding hydrogens is 402 g/mol. The number of thioether (sulfide) groups is 1. The molecule has 2 unspecified atom stereocenters. The molecule has 0 aromatic heterocycles. The van der Waals surface area contributed by atoms with Gasteiger partial charge in [-0.1, -0.05) is 6.42 Å². The summed E-state index contributed by atoms with van der Waals surface area (Å²) < 4.78 is 36.2. The molecule has 0 amide bonds. The lowest BCUT2D eigenvalue weighted by molar-refractivity contribution is -0.132. The number of rotatable bonds is 4. The zero-order chi connectivity index (χ0) is 14.3. The summed E-state index contributed by atoms with van der Waals surface area (Å²) in [6.45, 7) is -0.137. The highest BCUT2D eigenvalue weighted by Gasteiger charge is 2.27. The smallest absolute Gasteiger partial charge is 0.356 e. The third-order valence-corrected chi connectivity index (χ3v) is 4.32. The predicted molar refractivity (Wildman–Crippen MR) is 90.1 cm³/mol. The van der Waals surface area contributed by atoms with E-state index in [0.717, 1.165) is 19.3 Å². The molecular formula is C12H23F3IN3S. The Bertz CT molecular complexity index is 300. The van der Waals surface area contributed by atoms with Crippen LogP contribution in [0.4, 0.5) is 13.2 Å². The van der Waals surface area contributed by atoms with Gasteiger partial charge in [0, 0.05) is 24.9 Å². The molecule has 1 aliphatic carbocycles. The van der Waals surface area contributed by atoms with Crippen molar-refractivity contribution in [2.24, 2.45) is 4.99 Å². The Morgan fingerprint density at radius 3 is 2.60 bits per heavy atom. The van der Waals surface area contributed by atoms with Gasteiger partial charge in [-0.2, -0.15) is 24.9 Å². The number of halogens is 4. The van der Waals surface area contributed by atoms with Crippen molar-refractivity contribution in [2.75, 3.05) is 19.8 Å². The van der Waals surface area contributed by atoms with E-state index in [2.05, 4.69) is 21.9 Å². The topological polar surface area (TPSA) is 36.4 Å². The number of nitrogens with zero attached hydrogens (tertiary/aromatic N) is 1. The van der Waals surface area contributed by atoms with E-state index in [1.165, 1.54) is 6.42 Å². The molecule has 20 heavy (non-hydrogen) atoms. The van der Waals surface area contributed by atoms with Gasteiger partial charge in [0.25, 0.3) is 0 Å². The van der Waals surface area contributed by atoms with Gasteiger partial charge in [0.05, 0.1) is 6.42 Å². The molecule has 1 rings (SSSR count). The quantitative estimate of drug-likeness (QED) is 0.412. The molecule has 8 heteroatoms. The van der Waals surface area contributed by atoms with Crippen LogP contribution >= 0.6 is 35.7 Å². The minimum Gasteiger partial charge on any atom is -0.356 e. The van der Waals surface area contributed by atoms with Gasteiger partial charge < -0.3 is 10.6 Å². The normalized spacial score (nSPS) is 23.9. The summed E-state index contributed by atoms with van der Waals surface area (Å²) in [6.07, 6.45) is 1.61. The van der Waals surface area contributed by atoms with Crippen LogP contribution in [-0.2, 0) is 0 Å². The van der Waals surface area contributed by atoms with Crippen LogP contribution in [0.1, 0.15) is 32.1 Å². The van der Waals surface area contributed by atoms with E-state index in [4.69, 9.17) is 0 Å². The van der Waals surface area contributed by atoms with Crippen molar-refractivity contribution in [3.63, 3.8) is 0 Å². The van der Waals surface area contributed by atoms with E-state index in [1.807, 2.05) is 11.8 Å². The molecule has 2 N–H and O–H groups in total. The largest absolute Gasteiger partial charge is 0.390 e. The van der Waals surface area contributed by atoms with Gasteiger partial charge in [-0.25, -0.2) is 0 Å². The maximum Gasteiger partial charge on any atom is 0.390 e. The fourth-order valence-electron chi connectivity index (χ4n) is 2.20. The molecule has 0 spiro atoms. The van der Waals surface area contributed by atoms with Crippen LogP contribution in [-0.4, -0.2) is 43.3 Å². The van der Waals surface area contributed by atoms with Gasteiger partial charge in [-0.3, -0.25) is 4.99 Å². The Balaban J connectivity index is 0.00000361. The summed E-state index contributed by atoms with van der Waals surface area (Å²) >= 11 is 1.86. The maximum atomic E-state index is 12.1. The molecule has 0 aromatic rings. The summed E-state index contributed by atoms with van der Waals surface area (Å²) in [5, 5.41) is 6.57. The van der Waals surface area contributed by atoms with Crippen molar-refractivity contribution in [2.45, 2.75) is 49.6 Å². The van der Waals surface area contributed by atoms with Crippen LogP contribution in [0, 0.1) is 0 Å². The molecule has 120 valence electrons. The summed E-state index contributed by atoms with van der Waals surface area (Å²) in [5.41, 5.74) is 0. The lowest BCUT2D eigenvalue weighted by Crippen LogP contribution is -2.46. The first-order valence-electron chi connectivity index (χ1n) is 6.51. The van der Waals surface area contributed by atoms with Crippen molar-refractivity contribution < 1.29 is 13.2 Å². The minimum absolute atomic E-state index is 0. The number of aliphatic imine (C=N–C) groups is 1. The van der Waals surface area contributed by atoms with Gasteiger partial charge in [0.2, 0.25) is 0 Å². The van der Waals surface area contributed by atoms with Crippen LogP contribution < -0.4 is 10.6 Å². The van der Waals surface area contributed by atoms with E-state index in [1.54, 1.807) is 7.05 Å². The Kier molecular flexibility index (Phi) is 10.0. The van der Waals surface area contributed by atoms with Crippen LogP contribution in [0.2, 0.25) is 0 Å². The Hall–Kier alpha value is 0.140. The first kappa shape index (κ1) is 20.1. The monoisotopic (exact) mass is 425 g/mol. The Labute approximate surface area is 140 Å². The summed E-state index contributed by atoms with van der Waals surface area (Å²) in [4.78, 5) is 3.97. The molecule has 1 aliphatic rings. The van der Waals surface area contributed by atoms with E-state index in [-0.39, 0.29) is 30.5 Å². The molecule has 0 saturated heterocycles. The summed E-state index contributed by atoms with van der Waals surface area (Å²) in [7, 11) is 1.58. The van der Waals surface area contributed by atoms with Crippen molar-refractivity contribution >= 4 is 41.7 Å². The van der Waals surface area contributed by atoms with Crippen LogP contribution in [0.25, 0.3) is 0 Å². The zero-order valence-electron chi connectivity index (χ0n) is 11.8. The number of nitrogens with one attached hydrogen (secondary N) is 2. The molecule has 0 heterocycles. The molecule has 0 aromatic carbocycles. The highest BCUT2D eigenvalue weighted by atomic mass is 127. The van der Waals surface area contributed by atoms with Crippen molar-refractivity contribution in [3.05, 3.63) is 0 Å². The molecule has 1 fully saturated rings. The average molecular weight is 425 g/mol. The SMILES string of the molecule is CN=C(NCCC(F)(F)F)NC1CCCC(SC)C1.I. The Morgan fingerprint density at radius 1 is 1.35 bits per heavy atom. The summed E-state index contributed by atoms with van der Waals surface area (Å²) in [6, 6.07) is 0.309. The second-order valence-corrected chi connectivity index (χ2v) is 5.87. The van der Waals surface area contributed by atoms with E-state index in [0.29, 0.717) is 17.3 Å². The molecule has 0 aliphatic heterocycles. The molecule has 2 atom stereocenters. The van der Waals surface area contributed by atoms with E-state index >= 15 is 0 Å². The minimum atomic E-state index is -4.12. The van der Waals surface area contributed by atoms with Gasteiger partial charge in [-0.15, -0.1) is 24.0 Å². The molecule has 0 radical (unpaired) electrons. The number of hydrogen-bond acceptors (Lipinski definition) is 2. The van der Waals surface area contributed by atoms with Crippen LogP contribution in [0.15, 0.2) is 4.99 Å². The second-order valence-electron chi connectivity index (χ2n) is 4.73. The first-order chi connectivity index (χ1) is 8.94. The first-order valence-corrected chi connectivity index (χ1v) is 7.80. The highest BCUT2D eigenvalue weighted by Crippen LogP contribution is 2.26. The Morgan fingerprint density at radius 2 is 2.05 bits per heavy atom. The second kappa shape index (κ2) is 9.97. The van der Waals surface area contributed by atoms with Crippen LogP contribution in [0.3, 0.4) is 0 Å². The summed E-state index contributed by atoms with van der Waals surface area (Å²) in [5.74, 6) is 0.469. The molecule has 3 nitrogen and oxygen atoms in total. The number of guanidine groups is 1.